The third-order valence-electron chi connectivity index (χ3n) is 4.61. The van der Waals surface area contributed by atoms with E-state index < -0.39 is 0 Å². The lowest BCUT2D eigenvalue weighted by atomic mass is 10.0. The van der Waals surface area contributed by atoms with E-state index in [4.69, 9.17) is 4.98 Å². The highest BCUT2D eigenvalue weighted by molar-refractivity contribution is 7.17. The van der Waals surface area contributed by atoms with Crippen LogP contribution in [0.3, 0.4) is 0 Å². The smallest absolute Gasteiger partial charge is 0.186 e. The average Bonchev–Trinajstić information content (AvgIpc) is 3.04. The molecule has 0 amide bonds. The fourth-order valence-corrected chi connectivity index (χ4v) is 4.67. The van der Waals surface area contributed by atoms with Crippen molar-refractivity contribution in [3.05, 3.63) is 10.6 Å². The van der Waals surface area contributed by atoms with E-state index >= 15 is 0 Å². The first kappa shape index (κ1) is 11.9. The van der Waals surface area contributed by atoms with E-state index in [1.54, 1.807) is 11.3 Å². The van der Waals surface area contributed by atoms with E-state index in [1.165, 1.54) is 19.4 Å². The first-order chi connectivity index (χ1) is 9.31. The molecule has 3 heterocycles. The van der Waals surface area contributed by atoms with Gasteiger partial charge in [-0.2, -0.15) is 0 Å². The van der Waals surface area contributed by atoms with Crippen LogP contribution in [0.25, 0.3) is 0 Å². The molecule has 1 atom stereocenters. The maximum Gasteiger partial charge on any atom is 0.186 e. The second-order valence-corrected chi connectivity index (χ2v) is 6.80. The summed E-state index contributed by atoms with van der Waals surface area (Å²) in [6.45, 7) is 4.59. The van der Waals surface area contributed by atoms with Gasteiger partial charge in [-0.1, -0.05) is 11.3 Å². The number of carbonyl (C=O) groups excluding carboxylic acids is 1. The van der Waals surface area contributed by atoms with Crippen molar-refractivity contribution in [2.24, 2.45) is 0 Å². The monoisotopic (exact) mass is 277 g/mol. The molecule has 2 saturated heterocycles. The predicted molar refractivity (Wildman–Crippen MR) is 76.2 cm³/mol. The first-order valence-corrected chi connectivity index (χ1v) is 8.15. The van der Waals surface area contributed by atoms with Gasteiger partial charge in [-0.15, -0.1) is 0 Å². The molecule has 2 fully saturated rings. The molecule has 1 aromatic rings. The van der Waals surface area contributed by atoms with Crippen molar-refractivity contribution in [1.82, 2.24) is 9.88 Å². The number of hydrogen-bond donors (Lipinski definition) is 0. The Morgan fingerprint density at radius 3 is 3.00 bits per heavy atom. The molecule has 3 aliphatic rings. The maximum absolute atomic E-state index is 11.9. The van der Waals surface area contributed by atoms with Crippen LogP contribution >= 0.6 is 11.3 Å². The van der Waals surface area contributed by atoms with Gasteiger partial charge >= 0.3 is 0 Å². The van der Waals surface area contributed by atoms with Gasteiger partial charge in [-0.05, 0) is 32.2 Å². The summed E-state index contributed by atoms with van der Waals surface area (Å²) in [4.78, 5) is 22.6. The molecule has 0 radical (unpaired) electrons. The van der Waals surface area contributed by atoms with Crippen LogP contribution in [0.2, 0.25) is 0 Å². The van der Waals surface area contributed by atoms with Crippen LogP contribution in [-0.4, -0.2) is 47.9 Å². The Kier molecular flexibility index (Phi) is 2.84. The highest BCUT2D eigenvalue weighted by Crippen LogP contribution is 2.33. The summed E-state index contributed by atoms with van der Waals surface area (Å²) in [6.07, 6.45) is 5.34. The molecule has 0 N–H and O–H groups in total. The molecule has 0 saturated carbocycles. The van der Waals surface area contributed by atoms with Crippen molar-refractivity contribution in [3.63, 3.8) is 0 Å². The second-order valence-electron chi connectivity index (χ2n) is 5.83. The minimum Gasteiger partial charge on any atom is -0.345 e. The largest absolute Gasteiger partial charge is 0.345 e. The number of ketones is 1. The summed E-state index contributed by atoms with van der Waals surface area (Å²) in [7, 11) is 0. The highest BCUT2D eigenvalue weighted by atomic mass is 32.1. The van der Waals surface area contributed by atoms with Crippen LogP contribution < -0.4 is 4.90 Å². The highest BCUT2D eigenvalue weighted by Gasteiger charge is 2.32. The normalized spacial score (nSPS) is 27.5. The molecule has 0 bridgehead atoms. The van der Waals surface area contributed by atoms with E-state index in [0.29, 0.717) is 18.2 Å². The molecule has 1 unspecified atom stereocenters. The van der Waals surface area contributed by atoms with Gasteiger partial charge in [0, 0.05) is 32.1 Å². The zero-order chi connectivity index (χ0) is 12.8. The third kappa shape index (κ3) is 1.99. The van der Waals surface area contributed by atoms with Crippen LogP contribution in [0, 0.1) is 0 Å². The number of thiazole rings is 1. The van der Waals surface area contributed by atoms with E-state index in [0.717, 1.165) is 48.2 Å². The lowest BCUT2D eigenvalue weighted by molar-refractivity contribution is 0.0976. The van der Waals surface area contributed by atoms with Crippen molar-refractivity contribution >= 4 is 22.3 Å². The summed E-state index contributed by atoms with van der Waals surface area (Å²) in [5.41, 5.74) is 1.06. The number of anilines is 1. The van der Waals surface area contributed by atoms with Gasteiger partial charge in [-0.3, -0.25) is 9.69 Å². The SMILES string of the molecule is O=C1CCCc2nc(N3CCN4CCCC4C3)sc21. The predicted octanol–water partition coefficient (Wildman–Crippen LogP) is 1.95. The van der Waals surface area contributed by atoms with E-state index in [1.807, 2.05) is 0 Å². The Morgan fingerprint density at radius 1 is 1.16 bits per heavy atom. The Labute approximate surface area is 117 Å². The third-order valence-corrected chi connectivity index (χ3v) is 5.81. The topological polar surface area (TPSA) is 36.4 Å². The minimum absolute atomic E-state index is 0.310. The molecular formula is C14H19N3OS. The number of fused-ring (bicyclic) bond motifs is 2. The lowest BCUT2D eigenvalue weighted by Gasteiger charge is -2.37. The van der Waals surface area contributed by atoms with Crippen molar-refractivity contribution < 1.29 is 4.79 Å². The van der Waals surface area contributed by atoms with Crippen LogP contribution in [0.5, 0.6) is 0 Å². The number of Topliss-reactive ketones (excluding diaryl/α,β-unsaturated/α-hetero) is 1. The maximum atomic E-state index is 11.9. The first-order valence-electron chi connectivity index (χ1n) is 7.33. The van der Waals surface area contributed by atoms with E-state index in [2.05, 4.69) is 9.80 Å². The Hall–Kier alpha value is -0.940. The van der Waals surface area contributed by atoms with Gasteiger partial charge in [-0.25, -0.2) is 4.98 Å². The summed E-state index contributed by atoms with van der Waals surface area (Å²) in [6, 6.07) is 0.713. The molecular weight excluding hydrogens is 258 g/mol. The van der Waals surface area contributed by atoms with Gasteiger partial charge in [0.1, 0.15) is 0 Å². The number of piperazine rings is 1. The van der Waals surface area contributed by atoms with Crippen molar-refractivity contribution in [3.8, 4) is 0 Å². The van der Waals surface area contributed by atoms with Crippen LogP contribution in [0.15, 0.2) is 0 Å². The van der Waals surface area contributed by atoms with Crippen LogP contribution in [-0.2, 0) is 6.42 Å². The zero-order valence-electron chi connectivity index (χ0n) is 11.1. The molecule has 4 rings (SSSR count). The second kappa shape index (κ2) is 4.56. The van der Waals surface area contributed by atoms with Crippen molar-refractivity contribution in [2.45, 2.75) is 38.1 Å². The van der Waals surface area contributed by atoms with Crippen LogP contribution in [0.4, 0.5) is 5.13 Å². The standard InChI is InChI=1S/C14H19N3OS/c18-12-5-1-4-11-13(12)19-14(15-11)17-8-7-16-6-2-3-10(16)9-17/h10H,1-9H2. The van der Waals surface area contributed by atoms with Crippen molar-refractivity contribution in [2.75, 3.05) is 31.1 Å². The summed E-state index contributed by atoms with van der Waals surface area (Å²) in [5.74, 6) is 0.310. The Bertz CT molecular complexity index is 513. The van der Waals surface area contributed by atoms with E-state index in [9.17, 15) is 4.79 Å². The molecule has 1 aromatic heterocycles. The quantitative estimate of drug-likeness (QED) is 0.786. The Morgan fingerprint density at radius 2 is 2.11 bits per heavy atom. The average molecular weight is 277 g/mol. The van der Waals surface area contributed by atoms with Gasteiger partial charge < -0.3 is 4.90 Å². The molecule has 4 nitrogen and oxygen atoms in total. The number of carbonyl (C=O) groups is 1. The zero-order valence-corrected chi connectivity index (χ0v) is 11.9. The number of hydrogen-bond acceptors (Lipinski definition) is 5. The number of aromatic nitrogens is 1. The molecule has 0 spiro atoms. The summed E-state index contributed by atoms with van der Waals surface area (Å²) < 4.78 is 0. The van der Waals surface area contributed by atoms with E-state index in [-0.39, 0.29) is 0 Å². The van der Waals surface area contributed by atoms with Gasteiger partial charge in [0.15, 0.2) is 10.9 Å². The Balaban J connectivity index is 1.57. The molecule has 5 heteroatoms. The van der Waals surface area contributed by atoms with Crippen molar-refractivity contribution in [1.29, 1.82) is 0 Å². The van der Waals surface area contributed by atoms with Gasteiger partial charge in [0.2, 0.25) is 0 Å². The summed E-state index contributed by atoms with van der Waals surface area (Å²) >= 11 is 1.63. The van der Waals surface area contributed by atoms with Crippen LogP contribution in [0.1, 0.15) is 41.0 Å². The van der Waals surface area contributed by atoms with Gasteiger partial charge in [0.05, 0.1) is 10.6 Å². The molecule has 19 heavy (non-hydrogen) atoms. The number of nitrogens with zero attached hydrogens (tertiary/aromatic N) is 3. The molecule has 0 aromatic carbocycles. The lowest BCUT2D eigenvalue weighted by Crippen LogP contribution is -2.50. The fourth-order valence-electron chi connectivity index (χ4n) is 3.56. The number of rotatable bonds is 1. The summed E-state index contributed by atoms with van der Waals surface area (Å²) in [5, 5.41) is 1.09. The van der Waals surface area contributed by atoms with Gasteiger partial charge in [0.25, 0.3) is 0 Å². The minimum atomic E-state index is 0.310. The molecule has 102 valence electrons. The fraction of sp³-hybridized carbons (Fsp3) is 0.714. The number of aryl methyl sites for hydroxylation is 1. The molecule has 1 aliphatic carbocycles. The molecule has 2 aliphatic heterocycles.